The second-order valence-electron chi connectivity index (χ2n) is 6.47. The molecule has 0 aliphatic rings. The summed E-state index contributed by atoms with van der Waals surface area (Å²) in [5.41, 5.74) is 1.66. The summed E-state index contributed by atoms with van der Waals surface area (Å²) in [6.07, 6.45) is 3.34. The largest absolute Gasteiger partial charge is 0.353 e. The van der Waals surface area contributed by atoms with Crippen LogP contribution in [0.15, 0.2) is 48.8 Å². The number of anilines is 3. The maximum Gasteiger partial charge on any atom is 0.292 e. The van der Waals surface area contributed by atoms with Crippen LogP contribution >= 0.6 is 11.6 Å². The molecular formula is C19H20ClN7O2. The van der Waals surface area contributed by atoms with Crippen LogP contribution in [0.1, 0.15) is 0 Å². The Hall–Kier alpha value is -3.30. The van der Waals surface area contributed by atoms with Gasteiger partial charge in [0, 0.05) is 48.2 Å². The van der Waals surface area contributed by atoms with E-state index in [2.05, 4.69) is 25.6 Å². The van der Waals surface area contributed by atoms with Crippen molar-refractivity contribution in [1.29, 1.82) is 0 Å². The first kappa shape index (κ1) is 20.4. The lowest BCUT2D eigenvalue weighted by atomic mass is 10.2. The third-order valence-electron chi connectivity index (χ3n) is 3.96. The monoisotopic (exact) mass is 413 g/mol. The van der Waals surface area contributed by atoms with E-state index in [1.807, 2.05) is 31.1 Å². The predicted octanol–water partition coefficient (Wildman–Crippen LogP) is 3.82. The van der Waals surface area contributed by atoms with Crippen LogP contribution in [0.3, 0.4) is 0 Å². The zero-order chi connectivity index (χ0) is 20.8. The van der Waals surface area contributed by atoms with E-state index in [0.29, 0.717) is 29.0 Å². The van der Waals surface area contributed by atoms with Crippen molar-refractivity contribution in [1.82, 2.24) is 19.9 Å². The van der Waals surface area contributed by atoms with E-state index in [4.69, 9.17) is 11.6 Å². The van der Waals surface area contributed by atoms with Crippen LogP contribution in [-0.2, 0) is 0 Å². The lowest BCUT2D eigenvalue weighted by Crippen LogP contribution is -2.21. The lowest BCUT2D eigenvalue weighted by molar-refractivity contribution is -0.383. The predicted molar refractivity (Wildman–Crippen MR) is 114 cm³/mol. The van der Waals surface area contributed by atoms with Crippen LogP contribution in [0.2, 0.25) is 5.02 Å². The Bertz CT molecular complexity index is 999. The summed E-state index contributed by atoms with van der Waals surface area (Å²) in [6.45, 7) is 1.44. The minimum absolute atomic E-state index is 0.0967. The molecule has 0 aliphatic heterocycles. The summed E-state index contributed by atoms with van der Waals surface area (Å²) in [4.78, 5) is 25.9. The van der Waals surface area contributed by atoms with Gasteiger partial charge in [-0.25, -0.2) is 4.98 Å². The van der Waals surface area contributed by atoms with Gasteiger partial charge in [-0.2, -0.15) is 4.98 Å². The van der Waals surface area contributed by atoms with Crippen molar-refractivity contribution in [2.75, 3.05) is 37.8 Å². The van der Waals surface area contributed by atoms with Crippen molar-refractivity contribution in [2.24, 2.45) is 0 Å². The van der Waals surface area contributed by atoms with E-state index in [1.54, 1.807) is 18.5 Å². The number of halogens is 1. The molecule has 0 spiro atoms. The fraction of sp³-hybridized carbons (Fsp3) is 0.211. The van der Waals surface area contributed by atoms with Gasteiger partial charge in [-0.05, 0) is 38.4 Å². The van der Waals surface area contributed by atoms with Crippen LogP contribution in [0, 0.1) is 10.1 Å². The molecule has 29 heavy (non-hydrogen) atoms. The molecule has 0 bridgehead atoms. The van der Waals surface area contributed by atoms with Gasteiger partial charge in [0.05, 0.1) is 10.6 Å². The van der Waals surface area contributed by atoms with Crippen molar-refractivity contribution in [3.8, 4) is 11.3 Å². The van der Waals surface area contributed by atoms with Crippen LogP contribution < -0.4 is 10.6 Å². The number of pyridine rings is 1. The summed E-state index contributed by atoms with van der Waals surface area (Å²) in [5.74, 6) is 0.817. The molecule has 0 radical (unpaired) electrons. The number of nitrogens with zero attached hydrogens (tertiary/aromatic N) is 5. The number of nitro benzene ring substituents is 1. The van der Waals surface area contributed by atoms with Gasteiger partial charge in [-0.15, -0.1) is 0 Å². The van der Waals surface area contributed by atoms with Gasteiger partial charge in [0.25, 0.3) is 5.69 Å². The molecular weight excluding hydrogens is 394 g/mol. The SMILES string of the molecule is CN(C)CCNc1nc(Nc2cc(Cl)ccc2[N+](=O)[O-])cc(-c2ccncc2)n1. The summed E-state index contributed by atoms with van der Waals surface area (Å²) in [6, 6.07) is 9.70. The first-order valence-corrected chi connectivity index (χ1v) is 9.19. The number of rotatable bonds is 8. The highest BCUT2D eigenvalue weighted by molar-refractivity contribution is 6.31. The normalized spacial score (nSPS) is 10.8. The van der Waals surface area contributed by atoms with Crippen molar-refractivity contribution < 1.29 is 4.92 Å². The van der Waals surface area contributed by atoms with E-state index >= 15 is 0 Å². The maximum absolute atomic E-state index is 11.3. The standard InChI is InChI=1S/C19H20ClN7O2/c1-26(2)10-9-22-19-24-15(13-5-7-21-8-6-13)12-18(25-19)23-16-11-14(20)3-4-17(16)27(28)29/h3-8,11-12H,9-10H2,1-2H3,(H2,22,23,24,25). The molecule has 10 heteroatoms. The quantitative estimate of drug-likeness (QED) is 0.423. The summed E-state index contributed by atoms with van der Waals surface area (Å²) in [5, 5.41) is 17.9. The molecule has 0 saturated heterocycles. The Morgan fingerprint density at radius 2 is 1.90 bits per heavy atom. The average Bonchev–Trinajstić information content (AvgIpc) is 2.68. The molecule has 0 amide bonds. The highest BCUT2D eigenvalue weighted by Gasteiger charge is 2.16. The van der Waals surface area contributed by atoms with Crippen LogP contribution in [0.4, 0.5) is 23.1 Å². The summed E-state index contributed by atoms with van der Waals surface area (Å²) < 4.78 is 0. The third kappa shape index (κ3) is 5.59. The summed E-state index contributed by atoms with van der Waals surface area (Å²) >= 11 is 6.03. The number of nitrogens with one attached hydrogen (secondary N) is 2. The topological polar surface area (TPSA) is 109 Å². The molecule has 2 aromatic heterocycles. The number of likely N-dealkylation sites (N-methyl/N-ethyl adjacent to an activating group) is 1. The molecule has 2 heterocycles. The molecule has 3 rings (SSSR count). The molecule has 0 fully saturated rings. The van der Waals surface area contributed by atoms with Crippen molar-refractivity contribution in [3.05, 3.63) is 63.9 Å². The smallest absolute Gasteiger partial charge is 0.292 e. The molecule has 150 valence electrons. The lowest BCUT2D eigenvalue weighted by Gasteiger charge is -2.13. The van der Waals surface area contributed by atoms with Crippen LogP contribution in [0.25, 0.3) is 11.3 Å². The Labute approximate surface area is 172 Å². The fourth-order valence-electron chi connectivity index (χ4n) is 2.56. The highest BCUT2D eigenvalue weighted by Crippen LogP contribution is 2.31. The zero-order valence-electron chi connectivity index (χ0n) is 16.0. The maximum atomic E-state index is 11.3. The van der Waals surface area contributed by atoms with Crippen molar-refractivity contribution in [3.63, 3.8) is 0 Å². The number of nitro groups is 1. The van der Waals surface area contributed by atoms with Gasteiger partial charge in [0.15, 0.2) is 0 Å². The average molecular weight is 414 g/mol. The third-order valence-corrected chi connectivity index (χ3v) is 4.20. The molecule has 2 N–H and O–H groups in total. The van der Waals surface area contributed by atoms with Gasteiger partial charge in [0.2, 0.25) is 5.95 Å². The fourth-order valence-corrected chi connectivity index (χ4v) is 2.73. The molecule has 0 atom stereocenters. The molecule has 3 aromatic rings. The molecule has 1 aromatic carbocycles. The minimum Gasteiger partial charge on any atom is -0.353 e. The van der Waals surface area contributed by atoms with Crippen molar-refractivity contribution in [2.45, 2.75) is 0 Å². The van der Waals surface area contributed by atoms with Crippen LogP contribution in [0.5, 0.6) is 0 Å². The van der Waals surface area contributed by atoms with Crippen LogP contribution in [-0.4, -0.2) is 52.0 Å². The molecule has 0 unspecified atom stereocenters. The number of benzene rings is 1. The Balaban J connectivity index is 1.97. The van der Waals surface area contributed by atoms with Gasteiger partial charge in [-0.3, -0.25) is 15.1 Å². The van der Waals surface area contributed by atoms with Gasteiger partial charge >= 0.3 is 0 Å². The molecule has 0 aliphatic carbocycles. The number of hydrogen-bond donors (Lipinski definition) is 2. The molecule has 9 nitrogen and oxygen atoms in total. The Kier molecular flexibility index (Phi) is 6.53. The first-order valence-electron chi connectivity index (χ1n) is 8.81. The Morgan fingerprint density at radius 1 is 1.14 bits per heavy atom. The number of aromatic nitrogens is 3. The molecule has 0 saturated carbocycles. The highest BCUT2D eigenvalue weighted by atomic mass is 35.5. The second-order valence-corrected chi connectivity index (χ2v) is 6.91. The van der Waals surface area contributed by atoms with Crippen molar-refractivity contribution >= 4 is 34.7 Å². The first-order chi connectivity index (χ1) is 13.9. The van der Waals surface area contributed by atoms with E-state index in [-0.39, 0.29) is 11.4 Å². The number of hydrogen-bond acceptors (Lipinski definition) is 8. The zero-order valence-corrected chi connectivity index (χ0v) is 16.7. The summed E-state index contributed by atoms with van der Waals surface area (Å²) in [7, 11) is 3.95. The van der Waals surface area contributed by atoms with E-state index in [0.717, 1.165) is 12.1 Å². The van der Waals surface area contributed by atoms with Gasteiger partial charge in [0.1, 0.15) is 11.5 Å². The second kappa shape index (κ2) is 9.26. The van der Waals surface area contributed by atoms with E-state index < -0.39 is 4.92 Å². The Morgan fingerprint density at radius 3 is 2.59 bits per heavy atom. The van der Waals surface area contributed by atoms with Gasteiger partial charge < -0.3 is 15.5 Å². The van der Waals surface area contributed by atoms with E-state index in [9.17, 15) is 10.1 Å². The van der Waals surface area contributed by atoms with Gasteiger partial charge in [-0.1, -0.05) is 11.6 Å². The van der Waals surface area contributed by atoms with E-state index in [1.165, 1.54) is 18.2 Å². The minimum atomic E-state index is -0.472.